The number of nitrogens with zero attached hydrogens (tertiary/aromatic N) is 2. The molecule has 35 heavy (non-hydrogen) atoms. The van der Waals surface area contributed by atoms with E-state index in [1.807, 2.05) is 6.07 Å². The van der Waals surface area contributed by atoms with E-state index in [0.717, 1.165) is 16.9 Å². The Kier molecular flexibility index (Phi) is 8.15. The number of halogens is 1. The van der Waals surface area contributed by atoms with E-state index in [2.05, 4.69) is 10.3 Å². The summed E-state index contributed by atoms with van der Waals surface area (Å²) in [7, 11) is 0. The summed E-state index contributed by atoms with van der Waals surface area (Å²) >= 11 is 7.41. The van der Waals surface area contributed by atoms with E-state index in [1.54, 1.807) is 54.0 Å². The molecule has 3 heterocycles. The van der Waals surface area contributed by atoms with Crippen molar-refractivity contribution >= 4 is 34.8 Å². The van der Waals surface area contributed by atoms with Crippen molar-refractivity contribution in [3.63, 3.8) is 0 Å². The van der Waals surface area contributed by atoms with Crippen LogP contribution in [-0.2, 0) is 16.1 Å². The minimum Gasteiger partial charge on any atom is -0.382 e. The lowest BCUT2D eigenvalue weighted by Crippen LogP contribution is -2.50. The van der Waals surface area contributed by atoms with Crippen LogP contribution in [0.4, 0.5) is 0 Å². The highest BCUT2D eigenvalue weighted by atomic mass is 35.5. The predicted octanol–water partition coefficient (Wildman–Crippen LogP) is 2.58. The Balaban J connectivity index is 1.34. The maximum atomic E-state index is 12.9. The number of nitrogens with one attached hydrogen (secondary N) is 1. The van der Waals surface area contributed by atoms with Crippen molar-refractivity contribution in [2.45, 2.75) is 43.7 Å². The first-order chi connectivity index (χ1) is 16.8. The van der Waals surface area contributed by atoms with Crippen molar-refractivity contribution in [2.75, 3.05) is 6.54 Å². The Hall–Kier alpha value is -2.82. The maximum absolute atomic E-state index is 12.9. The average molecular weight is 516 g/mol. The number of pyridine rings is 1. The quantitative estimate of drug-likeness (QED) is 0.366. The lowest BCUT2D eigenvalue weighted by atomic mass is 10.0. The summed E-state index contributed by atoms with van der Waals surface area (Å²) in [5, 5.41) is 36.1. The third-order valence-corrected chi connectivity index (χ3v) is 7.17. The number of amides is 2. The number of aliphatic hydroxyl groups is 3. The number of hydrogen-bond acceptors (Lipinski definition) is 7. The van der Waals surface area contributed by atoms with Crippen LogP contribution in [0.5, 0.6) is 0 Å². The van der Waals surface area contributed by atoms with Gasteiger partial charge >= 0.3 is 0 Å². The molecule has 2 amide bonds. The fraction of sp³-hybridized carbons (Fsp3) is 0.320. The molecule has 3 aromatic rings. The first-order valence-corrected chi connectivity index (χ1v) is 12.5. The minimum atomic E-state index is -1.92. The van der Waals surface area contributed by atoms with Gasteiger partial charge in [0, 0.05) is 22.6 Å². The van der Waals surface area contributed by atoms with Gasteiger partial charge in [0.15, 0.2) is 12.2 Å². The summed E-state index contributed by atoms with van der Waals surface area (Å²) in [5.41, 5.74) is 1.99. The SMILES string of the molecule is O=C(NCc1cc(C(O)c2ccccn2)cs1)[C@H](O)[C@@H](O)C(=O)N1CCC[C@@H]1c1cccc(Cl)c1. The van der Waals surface area contributed by atoms with Crippen molar-refractivity contribution in [3.8, 4) is 0 Å². The summed E-state index contributed by atoms with van der Waals surface area (Å²) in [4.78, 5) is 31.7. The minimum absolute atomic E-state index is 0.0747. The van der Waals surface area contributed by atoms with Gasteiger partial charge < -0.3 is 25.5 Å². The highest BCUT2D eigenvalue weighted by molar-refractivity contribution is 7.10. The van der Waals surface area contributed by atoms with E-state index in [9.17, 15) is 24.9 Å². The molecule has 0 bridgehead atoms. The van der Waals surface area contributed by atoms with E-state index in [0.29, 0.717) is 29.2 Å². The lowest BCUT2D eigenvalue weighted by Gasteiger charge is -2.28. The zero-order chi connectivity index (χ0) is 24.9. The molecule has 1 fully saturated rings. The normalized spacial score (nSPS) is 18.2. The highest BCUT2D eigenvalue weighted by Gasteiger charge is 2.38. The van der Waals surface area contributed by atoms with Gasteiger partial charge in [-0.05, 0) is 59.7 Å². The molecular formula is C25H26ClN3O5S. The second kappa shape index (κ2) is 11.3. The molecule has 2 aromatic heterocycles. The molecular weight excluding hydrogens is 490 g/mol. The van der Waals surface area contributed by atoms with Crippen molar-refractivity contribution in [2.24, 2.45) is 0 Å². The van der Waals surface area contributed by atoms with E-state index >= 15 is 0 Å². The molecule has 4 rings (SSSR count). The van der Waals surface area contributed by atoms with Gasteiger partial charge in [-0.25, -0.2) is 0 Å². The molecule has 1 aromatic carbocycles. The van der Waals surface area contributed by atoms with E-state index in [4.69, 9.17) is 11.6 Å². The molecule has 1 saturated heterocycles. The number of thiophene rings is 1. The summed E-state index contributed by atoms with van der Waals surface area (Å²) in [5.74, 6) is -1.56. The van der Waals surface area contributed by atoms with Crippen LogP contribution in [0.1, 0.15) is 46.7 Å². The van der Waals surface area contributed by atoms with Gasteiger partial charge in [0.25, 0.3) is 11.8 Å². The Morgan fingerprint density at radius 3 is 2.71 bits per heavy atom. The van der Waals surface area contributed by atoms with Gasteiger partial charge in [-0.1, -0.05) is 29.8 Å². The topological polar surface area (TPSA) is 123 Å². The molecule has 0 spiro atoms. The zero-order valence-electron chi connectivity index (χ0n) is 18.8. The Labute approximate surface area is 211 Å². The third-order valence-electron chi connectivity index (χ3n) is 5.98. The molecule has 184 valence electrons. The monoisotopic (exact) mass is 515 g/mol. The predicted molar refractivity (Wildman–Crippen MR) is 132 cm³/mol. The molecule has 0 saturated carbocycles. The molecule has 8 nitrogen and oxygen atoms in total. The van der Waals surface area contributed by atoms with Gasteiger partial charge in [-0.2, -0.15) is 0 Å². The largest absolute Gasteiger partial charge is 0.382 e. The molecule has 4 N–H and O–H groups in total. The van der Waals surface area contributed by atoms with Crippen LogP contribution in [0.2, 0.25) is 5.02 Å². The van der Waals surface area contributed by atoms with Gasteiger partial charge in [0.2, 0.25) is 0 Å². The van der Waals surface area contributed by atoms with Crippen LogP contribution in [0.15, 0.2) is 60.1 Å². The highest BCUT2D eigenvalue weighted by Crippen LogP contribution is 2.33. The Morgan fingerprint density at radius 1 is 1.14 bits per heavy atom. The van der Waals surface area contributed by atoms with Crippen LogP contribution in [0, 0.1) is 0 Å². The van der Waals surface area contributed by atoms with Gasteiger partial charge in [-0.15, -0.1) is 11.3 Å². The van der Waals surface area contributed by atoms with E-state index in [-0.39, 0.29) is 12.6 Å². The summed E-state index contributed by atoms with van der Waals surface area (Å²) in [6.07, 6.45) is -1.66. The number of rotatable bonds is 8. The molecule has 1 unspecified atom stereocenters. The average Bonchev–Trinajstić information content (AvgIpc) is 3.56. The fourth-order valence-electron chi connectivity index (χ4n) is 4.16. The third kappa shape index (κ3) is 5.88. The van der Waals surface area contributed by atoms with Gasteiger partial charge in [-0.3, -0.25) is 14.6 Å². The summed E-state index contributed by atoms with van der Waals surface area (Å²) < 4.78 is 0. The first kappa shape index (κ1) is 25.3. The number of carbonyl (C=O) groups excluding carboxylic acids is 2. The van der Waals surface area contributed by atoms with Crippen molar-refractivity contribution in [3.05, 3.63) is 86.8 Å². The van der Waals surface area contributed by atoms with E-state index < -0.39 is 30.1 Å². The second-order valence-electron chi connectivity index (χ2n) is 8.36. The summed E-state index contributed by atoms with van der Waals surface area (Å²) in [6.45, 7) is 0.489. The van der Waals surface area contributed by atoms with Gasteiger partial charge in [0.1, 0.15) is 6.10 Å². The smallest absolute Gasteiger partial charge is 0.255 e. The van der Waals surface area contributed by atoms with Crippen LogP contribution in [0.3, 0.4) is 0 Å². The number of aromatic nitrogens is 1. The van der Waals surface area contributed by atoms with Gasteiger partial charge in [0.05, 0.1) is 18.3 Å². The zero-order valence-corrected chi connectivity index (χ0v) is 20.3. The molecule has 1 aliphatic rings. The number of carbonyl (C=O) groups is 2. The second-order valence-corrected chi connectivity index (χ2v) is 9.79. The Bertz CT molecular complexity index is 1170. The van der Waals surface area contributed by atoms with Crippen LogP contribution >= 0.6 is 22.9 Å². The lowest BCUT2D eigenvalue weighted by molar-refractivity contribution is -0.153. The van der Waals surface area contributed by atoms with Crippen LogP contribution in [-0.4, -0.2) is 55.8 Å². The number of likely N-dealkylation sites (tertiary alicyclic amines) is 1. The van der Waals surface area contributed by atoms with Crippen LogP contribution < -0.4 is 5.32 Å². The molecule has 1 aliphatic heterocycles. The van der Waals surface area contributed by atoms with Crippen LogP contribution in [0.25, 0.3) is 0 Å². The van der Waals surface area contributed by atoms with E-state index in [1.165, 1.54) is 16.2 Å². The fourth-order valence-corrected chi connectivity index (χ4v) is 5.20. The Morgan fingerprint density at radius 2 is 1.97 bits per heavy atom. The summed E-state index contributed by atoms with van der Waals surface area (Å²) in [6, 6.07) is 13.9. The number of hydrogen-bond donors (Lipinski definition) is 4. The molecule has 4 atom stereocenters. The van der Waals surface area contributed by atoms with Crippen molar-refractivity contribution in [1.82, 2.24) is 15.2 Å². The van der Waals surface area contributed by atoms with Crippen molar-refractivity contribution in [1.29, 1.82) is 0 Å². The molecule has 0 aliphatic carbocycles. The number of benzene rings is 1. The number of aliphatic hydroxyl groups excluding tert-OH is 3. The molecule has 0 radical (unpaired) electrons. The van der Waals surface area contributed by atoms with Crippen molar-refractivity contribution < 1.29 is 24.9 Å². The maximum Gasteiger partial charge on any atom is 0.255 e. The first-order valence-electron chi connectivity index (χ1n) is 11.2. The standard InChI is InChI=1S/C25H26ClN3O5S/c26-17-6-3-5-15(11-17)20-8-4-10-29(20)25(34)23(32)22(31)24(33)28-13-18-12-16(14-35-18)21(30)19-7-1-2-9-27-19/h1-3,5-7,9,11-12,14,20-23,30-32H,4,8,10,13H2,(H,28,33)/t20-,21?,22-,23-/m1/s1. The molecule has 10 heteroatoms.